The number of rotatable bonds is 5. The standard InChI is InChI=1S/C35H38ClFN6O2S/c1-20(2)28-29(32(45)42-21(3)5-12-27(42)31(44)41-16-15-39-35(19-41)13-14-35)46-33-40-34(4,24-9-6-22(18-38)7-10-24)30(43(28)33)23-8-11-25(36)26(37)17-23/h6-11,17,20-21,27,30,39H,5,12-16,19H2,1-4H3/t21-,27+,30-,34+/m1/s1. The number of halogens is 2. The minimum Gasteiger partial charge on any atom is -0.338 e. The van der Waals surface area contributed by atoms with Crippen molar-refractivity contribution in [3.05, 3.63) is 80.6 Å². The summed E-state index contributed by atoms with van der Waals surface area (Å²) in [7, 11) is 0. The average molecular weight is 661 g/mol. The third-order valence-corrected chi connectivity index (χ3v) is 11.7. The number of piperazine rings is 1. The first kappa shape index (κ1) is 31.2. The molecular weight excluding hydrogens is 623 g/mol. The van der Waals surface area contributed by atoms with E-state index in [0.717, 1.165) is 37.1 Å². The Labute approximate surface area is 278 Å². The fourth-order valence-corrected chi connectivity index (χ4v) is 9.19. The largest absolute Gasteiger partial charge is 0.338 e. The predicted molar refractivity (Wildman–Crippen MR) is 177 cm³/mol. The third-order valence-electron chi connectivity index (χ3n) is 10.3. The summed E-state index contributed by atoms with van der Waals surface area (Å²) in [4.78, 5) is 40.3. The second-order valence-electron chi connectivity index (χ2n) is 13.8. The van der Waals surface area contributed by atoms with Crippen LogP contribution in [0, 0.1) is 23.1 Å². The summed E-state index contributed by atoms with van der Waals surface area (Å²) in [5.41, 5.74) is 2.10. The predicted octanol–water partition coefficient (Wildman–Crippen LogP) is 5.94. The Kier molecular flexibility index (Phi) is 7.73. The zero-order valence-electron chi connectivity index (χ0n) is 26.5. The maximum absolute atomic E-state index is 15.0. The van der Waals surface area contributed by atoms with Gasteiger partial charge in [-0.15, -0.1) is 0 Å². The van der Waals surface area contributed by atoms with Crippen LogP contribution in [0.4, 0.5) is 4.39 Å². The van der Waals surface area contributed by atoms with E-state index in [4.69, 9.17) is 16.6 Å². The molecule has 0 aromatic heterocycles. The topological polar surface area (TPSA) is 92.0 Å². The lowest BCUT2D eigenvalue weighted by Crippen LogP contribution is -2.58. The molecule has 0 unspecified atom stereocenters. The lowest BCUT2D eigenvalue weighted by atomic mass is 9.80. The highest BCUT2D eigenvalue weighted by atomic mass is 35.5. The molecule has 2 saturated heterocycles. The SMILES string of the molecule is CC(C)C1=C(C(=O)N2[C@H](C)CC[C@H]2C(=O)N2CCNC3(CC3)C2)SC2=N[C@@](C)(c3ccc(C#N)cc3)[C@@H](c3ccc(Cl)c(F)c3)N21. The van der Waals surface area contributed by atoms with Crippen LogP contribution in [0.25, 0.3) is 0 Å². The van der Waals surface area contributed by atoms with Gasteiger partial charge in [0.1, 0.15) is 22.3 Å². The minimum absolute atomic E-state index is 0.0325. The van der Waals surface area contributed by atoms with Gasteiger partial charge in [-0.1, -0.05) is 43.6 Å². The molecule has 11 heteroatoms. The first-order chi connectivity index (χ1) is 22.0. The van der Waals surface area contributed by atoms with Gasteiger partial charge in [0.15, 0.2) is 5.17 Å². The molecule has 5 aliphatic rings. The zero-order chi connectivity index (χ0) is 32.5. The van der Waals surface area contributed by atoms with Gasteiger partial charge < -0.3 is 20.0 Å². The van der Waals surface area contributed by atoms with Gasteiger partial charge in [0.25, 0.3) is 5.91 Å². The Morgan fingerprint density at radius 3 is 2.57 bits per heavy atom. The Balaban J connectivity index is 1.27. The van der Waals surface area contributed by atoms with Crippen molar-refractivity contribution in [2.24, 2.45) is 10.9 Å². The van der Waals surface area contributed by atoms with Gasteiger partial charge in [0.05, 0.1) is 22.7 Å². The number of fused-ring (bicyclic) bond motifs is 1. The molecule has 2 amide bonds. The second kappa shape index (κ2) is 11.4. The summed E-state index contributed by atoms with van der Waals surface area (Å²) < 4.78 is 15.0. The lowest BCUT2D eigenvalue weighted by molar-refractivity contribution is -0.144. The van der Waals surface area contributed by atoms with Crippen LogP contribution in [0.15, 0.2) is 58.1 Å². The van der Waals surface area contributed by atoms with Gasteiger partial charge in [-0.25, -0.2) is 9.38 Å². The van der Waals surface area contributed by atoms with Crippen molar-refractivity contribution in [2.45, 2.75) is 82.6 Å². The van der Waals surface area contributed by atoms with Crippen LogP contribution in [0.5, 0.6) is 0 Å². The molecule has 46 heavy (non-hydrogen) atoms. The van der Waals surface area contributed by atoms with Gasteiger partial charge in [-0.3, -0.25) is 9.59 Å². The highest BCUT2D eigenvalue weighted by Gasteiger charge is 2.55. The van der Waals surface area contributed by atoms with Crippen LogP contribution in [-0.2, 0) is 15.1 Å². The maximum atomic E-state index is 15.0. The molecular formula is C35H38ClFN6O2S. The van der Waals surface area contributed by atoms with Crippen LogP contribution in [-0.4, -0.2) is 68.9 Å². The van der Waals surface area contributed by atoms with E-state index < -0.39 is 23.4 Å². The molecule has 1 spiro atoms. The number of amides is 2. The molecule has 3 fully saturated rings. The van der Waals surface area contributed by atoms with E-state index in [1.54, 1.807) is 18.2 Å². The zero-order valence-corrected chi connectivity index (χ0v) is 28.1. The summed E-state index contributed by atoms with van der Waals surface area (Å²) in [6, 6.07) is 13.2. The van der Waals surface area contributed by atoms with Crippen LogP contribution < -0.4 is 5.32 Å². The van der Waals surface area contributed by atoms with E-state index in [1.807, 2.05) is 41.8 Å². The Hall–Kier alpha value is -3.39. The fraction of sp³-hybridized carbons (Fsp3) is 0.486. The van der Waals surface area contributed by atoms with Gasteiger partial charge in [0, 0.05) is 36.9 Å². The number of thioether (sulfide) groups is 1. The maximum Gasteiger partial charge on any atom is 0.263 e. The summed E-state index contributed by atoms with van der Waals surface area (Å²) >= 11 is 7.46. The molecule has 240 valence electrons. The number of amidine groups is 1. The van der Waals surface area contributed by atoms with Gasteiger partial charge in [0.2, 0.25) is 5.91 Å². The molecule has 1 saturated carbocycles. The van der Waals surface area contributed by atoms with E-state index in [-0.39, 0.29) is 34.3 Å². The summed E-state index contributed by atoms with van der Waals surface area (Å²) in [6.45, 7) is 10.3. The van der Waals surface area contributed by atoms with Crippen molar-refractivity contribution in [3.8, 4) is 6.07 Å². The number of likely N-dealkylation sites (tertiary alicyclic amines) is 1. The highest BCUT2D eigenvalue weighted by molar-refractivity contribution is 8.18. The normalized spacial score (nSPS) is 28.2. The van der Waals surface area contributed by atoms with Crippen molar-refractivity contribution < 1.29 is 14.0 Å². The molecule has 2 aromatic rings. The molecule has 7 rings (SSSR count). The van der Waals surface area contributed by atoms with Crippen molar-refractivity contribution in [2.75, 3.05) is 19.6 Å². The quantitative estimate of drug-likeness (QED) is 0.427. The van der Waals surface area contributed by atoms with E-state index in [0.29, 0.717) is 40.7 Å². The number of nitrogens with zero attached hydrogens (tertiary/aromatic N) is 5. The smallest absolute Gasteiger partial charge is 0.263 e. The number of carbonyl (C=O) groups is 2. The van der Waals surface area contributed by atoms with E-state index >= 15 is 4.39 Å². The number of nitrogens with one attached hydrogen (secondary N) is 1. The number of hydrogen-bond donors (Lipinski definition) is 1. The van der Waals surface area contributed by atoms with E-state index in [9.17, 15) is 14.9 Å². The third kappa shape index (κ3) is 5.02. The second-order valence-corrected chi connectivity index (χ2v) is 15.2. The molecule has 8 nitrogen and oxygen atoms in total. The number of benzene rings is 2. The number of aliphatic imine (C=N–C) groups is 1. The minimum atomic E-state index is -0.855. The molecule has 2 aromatic carbocycles. The fourth-order valence-electron chi connectivity index (χ4n) is 7.72. The Morgan fingerprint density at radius 2 is 1.91 bits per heavy atom. The van der Waals surface area contributed by atoms with Crippen LogP contribution in [0.3, 0.4) is 0 Å². The van der Waals surface area contributed by atoms with Crippen molar-refractivity contribution >= 4 is 40.3 Å². The van der Waals surface area contributed by atoms with Crippen LogP contribution in [0.2, 0.25) is 5.02 Å². The molecule has 0 bridgehead atoms. The average Bonchev–Trinajstić information content (AvgIpc) is 3.36. The summed E-state index contributed by atoms with van der Waals surface area (Å²) in [5, 5.41) is 13.7. The summed E-state index contributed by atoms with van der Waals surface area (Å²) in [6.07, 6.45) is 3.58. The Bertz CT molecular complexity index is 1720. The van der Waals surface area contributed by atoms with E-state index in [1.165, 1.54) is 17.8 Å². The van der Waals surface area contributed by atoms with Crippen LogP contribution in [0.1, 0.15) is 76.1 Å². The number of carbonyl (C=O) groups excluding carboxylic acids is 2. The van der Waals surface area contributed by atoms with Crippen molar-refractivity contribution in [1.82, 2.24) is 20.0 Å². The first-order valence-electron chi connectivity index (χ1n) is 16.1. The highest BCUT2D eigenvalue weighted by Crippen LogP contribution is 2.56. The molecule has 4 heterocycles. The molecule has 1 N–H and O–H groups in total. The van der Waals surface area contributed by atoms with Gasteiger partial charge in [-0.2, -0.15) is 5.26 Å². The van der Waals surface area contributed by atoms with E-state index in [2.05, 4.69) is 30.1 Å². The van der Waals surface area contributed by atoms with Crippen molar-refractivity contribution in [1.29, 1.82) is 5.26 Å². The molecule has 0 radical (unpaired) electrons. The van der Waals surface area contributed by atoms with Crippen molar-refractivity contribution in [3.63, 3.8) is 0 Å². The van der Waals surface area contributed by atoms with Gasteiger partial charge in [-0.05, 0) is 92.6 Å². The molecule has 1 aliphatic carbocycles. The number of allylic oxidation sites excluding steroid dienone is 1. The monoisotopic (exact) mass is 660 g/mol. The summed E-state index contributed by atoms with van der Waals surface area (Å²) in [5.74, 6) is -0.703. The molecule has 4 aliphatic heterocycles. The number of hydrogen-bond acceptors (Lipinski definition) is 7. The van der Waals surface area contributed by atoms with Crippen LogP contribution >= 0.6 is 23.4 Å². The van der Waals surface area contributed by atoms with Gasteiger partial charge >= 0.3 is 0 Å². The Morgan fingerprint density at radius 1 is 1.17 bits per heavy atom. The first-order valence-corrected chi connectivity index (χ1v) is 17.3. The lowest BCUT2D eigenvalue weighted by Gasteiger charge is -2.38. The number of nitriles is 1. The molecule has 4 atom stereocenters.